The third-order valence-electron chi connectivity index (χ3n) is 7.86. The molecular formula is C26H42N2O6. The van der Waals surface area contributed by atoms with E-state index in [-0.39, 0.29) is 30.4 Å². The first kappa shape index (κ1) is 26.7. The van der Waals surface area contributed by atoms with Crippen LogP contribution in [0, 0.1) is 17.3 Å². The lowest BCUT2D eigenvalue weighted by Crippen LogP contribution is -2.61. The van der Waals surface area contributed by atoms with Gasteiger partial charge in [-0.2, -0.15) is 0 Å². The maximum absolute atomic E-state index is 14.4. The molecule has 2 amide bonds. The molecular weight excluding hydrogens is 436 g/mol. The van der Waals surface area contributed by atoms with Crippen molar-refractivity contribution in [1.29, 1.82) is 0 Å². The molecule has 192 valence electrons. The molecule has 1 spiro atoms. The predicted molar refractivity (Wildman–Crippen MR) is 128 cm³/mol. The van der Waals surface area contributed by atoms with E-state index in [0.29, 0.717) is 32.2 Å². The second-order valence-corrected chi connectivity index (χ2v) is 12.3. The highest BCUT2D eigenvalue weighted by atomic mass is 16.5. The molecule has 2 N–H and O–H groups in total. The highest BCUT2D eigenvalue weighted by Gasteiger charge is 2.78. The number of aliphatic hydroxyl groups is 1. The number of hydrogen-bond acceptors (Lipinski definition) is 5. The van der Waals surface area contributed by atoms with E-state index in [4.69, 9.17) is 4.74 Å². The maximum Gasteiger partial charge on any atom is 0.310 e. The van der Waals surface area contributed by atoms with Crippen LogP contribution in [0.1, 0.15) is 73.6 Å². The molecule has 8 nitrogen and oxygen atoms in total. The van der Waals surface area contributed by atoms with E-state index >= 15 is 0 Å². The first-order valence-electron chi connectivity index (χ1n) is 12.4. The van der Waals surface area contributed by atoms with Crippen molar-refractivity contribution in [2.24, 2.45) is 17.3 Å². The molecule has 3 aliphatic heterocycles. The smallest absolute Gasteiger partial charge is 0.310 e. The van der Waals surface area contributed by atoms with Gasteiger partial charge in [-0.1, -0.05) is 26.8 Å². The summed E-state index contributed by atoms with van der Waals surface area (Å²) in [5.74, 6) is -3.46. The first-order chi connectivity index (χ1) is 15.6. The molecule has 8 heteroatoms. The van der Waals surface area contributed by atoms with Gasteiger partial charge in [0.05, 0.1) is 17.4 Å². The van der Waals surface area contributed by atoms with Gasteiger partial charge in [-0.25, -0.2) is 0 Å². The van der Waals surface area contributed by atoms with Gasteiger partial charge in [0, 0.05) is 25.2 Å². The minimum atomic E-state index is -1.15. The van der Waals surface area contributed by atoms with E-state index in [1.807, 2.05) is 13.8 Å². The zero-order valence-electron chi connectivity index (χ0n) is 21.6. The second-order valence-electron chi connectivity index (χ2n) is 12.3. The van der Waals surface area contributed by atoms with Gasteiger partial charge in [0.2, 0.25) is 11.8 Å². The molecule has 3 aliphatic rings. The molecule has 3 fully saturated rings. The van der Waals surface area contributed by atoms with Crippen molar-refractivity contribution < 1.29 is 29.3 Å². The van der Waals surface area contributed by atoms with Crippen LogP contribution in [0.15, 0.2) is 12.7 Å². The van der Waals surface area contributed by atoms with Gasteiger partial charge in [0.1, 0.15) is 11.6 Å². The van der Waals surface area contributed by atoms with Gasteiger partial charge in [0.25, 0.3) is 0 Å². The Morgan fingerprint density at radius 1 is 1.24 bits per heavy atom. The number of carbonyl (C=O) groups excluding carboxylic acids is 2. The number of ether oxygens (including phenoxy) is 1. The van der Waals surface area contributed by atoms with Crippen molar-refractivity contribution in [1.82, 2.24) is 9.80 Å². The van der Waals surface area contributed by atoms with E-state index in [0.717, 1.165) is 6.42 Å². The van der Waals surface area contributed by atoms with Crippen LogP contribution < -0.4 is 0 Å². The quantitative estimate of drug-likeness (QED) is 0.369. The summed E-state index contributed by atoms with van der Waals surface area (Å²) in [6.07, 6.45) is 4.41. The summed E-state index contributed by atoms with van der Waals surface area (Å²) in [5, 5.41) is 19.3. The lowest BCUT2D eigenvalue weighted by molar-refractivity contribution is -0.158. The minimum absolute atomic E-state index is 0.0112. The summed E-state index contributed by atoms with van der Waals surface area (Å²) >= 11 is 0. The molecule has 0 aromatic rings. The highest BCUT2D eigenvalue weighted by molar-refractivity contribution is 5.98. The van der Waals surface area contributed by atoms with Gasteiger partial charge in [-0.15, -0.1) is 6.58 Å². The zero-order valence-corrected chi connectivity index (χ0v) is 21.6. The molecule has 3 rings (SSSR count). The van der Waals surface area contributed by atoms with E-state index in [2.05, 4.69) is 27.4 Å². The van der Waals surface area contributed by atoms with Crippen LogP contribution in [-0.4, -0.2) is 80.3 Å². The molecule has 0 aliphatic carbocycles. The molecule has 0 saturated carbocycles. The van der Waals surface area contributed by atoms with Crippen LogP contribution >= 0.6 is 0 Å². The standard InChI is InChI=1S/C26H42N2O6/c1-8-13-28(24(5,6)16-23(2,3)4)21(31)19-26-12-11-25(7,34-26)18(22(32)33)17(26)20(30)27(19)14-9-10-15-29/h8,17-19,29H,1,9-16H2,2-7H3,(H,32,33)/t17-,18-,19?,25+,26?/m0/s1. The van der Waals surface area contributed by atoms with Crippen LogP contribution in [-0.2, 0) is 19.1 Å². The molecule has 5 atom stereocenters. The Balaban J connectivity index is 2.07. The Morgan fingerprint density at radius 2 is 1.88 bits per heavy atom. The number of carboxylic acid groups (broad SMARTS) is 1. The number of nitrogens with zero attached hydrogens (tertiary/aromatic N) is 2. The van der Waals surface area contributed by atoms with Crippen LogP contribution in [0.2, 0.25) is 0 Å². The average molecular weight is 479 g/mol. The van der Waals surface area contributed by atoms with Gasteiger partial charge < -0.3 is 24.7 Å². The summed E-state index contributed by atoms with van der Waals surface area (Å²) in [7, 11) is 0. The Bertz CT molecular complexity index is 849. The fourth-order valence-electron chi connectivity index (χ4n) is 7.02. The van der Waals surface area contributed by atoms with Crippen molar-refractivity contribution in [3.8, 4) is 0 Å². The Kier molecular flexibility index (Phi) is 7.01. The molecule has 2 bridgehead atoms. The van der Waals surface area contributed by atoms with Crippen molar-refractivity contribution in [3.05, 3.63) is 12.7 Å². The Hall–Kier alpha value is -1.93. The predicted octanol–water partition coefficient (Wildman–Crippen LogP) is 2.84. The third-order valence-corrected chi connectivity index (χ3v) is 7.86. The number of carbonyl (C=O) groups is 3. The SMILES string of the molecule is C=CCN(C(=O)C1N(CCCCO)C(=O)[C@@H]2[C@@H](C(=O)O)[C@@]3(C)CCC12O3)C(C)(C)CC(C)(C)C. The molecule has 0 aromatic heterocycles. The van der Waals surface area contributed by atoms with E-state index in [1.54, 1.807) is 22.8 Å². The van der Waals surface area contributed by atoms with Gasteiger partial charge in [-0.3, -0.25) is 14.4 Å². The lowest BCUT2D eigenvalue weighted by atomic mass is 9.66. The first-order valence-corrected chi connectivity index (χ1v) is 12.4. The van der Waals surface area contributed by atoms with Gasteiger partial charge >= 0.3 is 5.97 Å². The number of likely N-dealkylation sites (tertiary alicyclic amines) is 1. The maximum atomic E-state index is 14.4. The molecule has 3 saturated heterocycles. The summed E-state index contributed by atoms with van der Waals surface area (Å²) in [5.41, 5.74) is -2.68. The second kappa shape index (κ2) is 8.94. The normalized spacial score (nSPS) is 32.7. The topological polar surface area (TPSA) is 107 Å². The average Bonchev–Trinajstić information content (AvgIpc) is 3.25. The number of amides is 2. The number of carboxylic acids is 1. The van der Waals surface area contributed by atoms with E-state index < -0.39 is 40.6 Å². The fourth-order valence-corrected chi connectivity index (χ4v) is 7.02. The largest absolute Gasteiger partial charge is 0.481 e. The van der Waals surface area contributed by atoms with Crippen molar-refractivity contribution >= 4 is 17.8 Å². The van der Waals surface area contributed by atoms with Crippen molar-refractivity contribution in [2.45, 2.75) is 96.4 Å². The van der Waals surface area contributed by atoms with Gasteiger partial charge in [0.15, 0.2) is 0 Å². The number of unbranched alkanes of at least 4 members (excludes halogenated alkanes) is 1. The van der Waals surface area contributed by atoms with Crippen LogP contribution in [0.5, 0.6) is 0 Å². The van der Waals surface area contributed by atoms with Gasteiger partial charge in [-0.05, 0) is 58.3 Å². The number of rotatable bonds is 10. The van der Waals surface area contributed by atoms with E-state index in [1.165, 1.54) is 0 Å². The minimum Gasteiger partial charge on any atom is -0.481 e. The van der Waals surface area contributed by atoms with Crippen LogP contribution in [0.4, 0.5) is 0 Å². The number of aliphatic hydroxyl groups excluding tert-OH is 1. The highest BCUT2D eigenvalue weighted by Crippen LogP contribution is 2.63. The molecule has 3 heterocycles. The summed E-state index contributed by atoms with van der Waals surface area (Å²) in [4.78, 5) is 43.7. The van der Waals surface area contributed by atoms with Crippen molar-refractivity contribution in [2.75, 3.05) is 19.7 Å². The Morgan fingerprint density at radius 3 is 2.41 bits per heavy atom. The summed E-state index contributed by atoms with van der Waals surface area (Å²) in [6, 6.07) is -0.894. The fraction of sp³-hybridized carbons (Fsp3) is 0.808. The lowest BCUT2D eigenvalue weighted by Gasteiger charge is -2.45. The molecule has 0 aromatic carbocycles. The number of hydrogen-bond donors (Lipinski definition) is 2. The third kappa shape index (κ3) is 4.28. The summed E-state index contributed by atoms with van der Waals surface area (Å²) < 4.78 is 6.46. The molecule has 2 unspecified atom stereocenters. The molecule has 0 radical (unpaired) electrons. The van der Waals surface area contributed by atoms with Crippen LogP contribution in [0.25, 0.3) is 0 Å². The number of aliphatic carboxylic acids is 1. The number of fused-ring (bicyclic) bond motifs is 1. The summed E-state index contributed by atoms with van der Waals surface area (Å²) in [6.45, 7) is 16.6. The Labute approximate surface area is 203 Å². The van der Waals surface area contributed by atoms with E-state index in [9.17, 15) is 24.6 Å². The van der Waals surface area contributed by atoms with Crippen LogP contribution in [0.3, 0.4) is 0 Å². The zero-order chi connectivity index (χ0) is 25.7. The van der Waals surface area contributed by atoms with Crippen molar-refractivity contribution in [3.63, 3.8) is 0 Å². The molecule has 34 heavy (non-hydrogen) atoms. The monoisotopic (exact) mass is 478 g/mol.